The van der Waals surface area contributed by atoms with Gasteiger partial charge in [-0.2, -0.15) is 0 Å². The van der Waals surface area contributed by atoms with Crippen molar-refractivity contribution in [1.82, 2.24) is 9.55 Å². The SMILES string of the molecule is CC(Cl)c1nc2ccccc2n1C1(C)CCCOC1. The number of nitrogens with zero attached hydrogens (tertiary/aromatic N) is 2. The van der Waals surface area contributed by atoms with Crippen LogP contribution < -0.4 is 0 Å². The lowest BCUT2D eigenvalue weighted by atomic mass is 9.94. The normalized spacial score (nSPS) is 25.6. The lowest BCUT2D eigenvalue weighted by Crippen LogP contribution is -2.40. The highest BCUT2D eigenvalue weighted by molar-refractivity contribution is 6.20. The number of hydrogen-bond donors (Lipinski definition) is 0. The van der Waals surface area contributed by atoms with Crippen molar-refractivity contribution in [2.45, 2.75) is 37.6 Å². The number of hydrogen-bond acceptors (Lipinski definition) is 2. The first-order chi connectivity index (χ1) is 9.12. The highest BCUT2D eigenvalue weighted by Gasteiger charge is 2.34. The standard InChI is InChI=1S/C15H19ClN2O/c1-11(16)14-17-12-6-3-4-7-13(12)18(14)15(2)8-5-9-19-10-15/h3-4,6-7,11H,5,8-10H2,1-2H3. The molecule has 2 unspecified atom stereocenters. The van der Waals surface area contributed by atoms with Crippen molar-refractivity contribution in [2.75, 3.05) is 13.2 Å². The van der Waals surface area contributed by atoms with Crippen LogP contribution in [0, 0.1) is 0 Å². The van der Waals surface area contributed by atoms with Gasteiger partial charge in [0.1, 0.15) is 5.82 Å². The Bertz CT molecular complexity index is 585. The fraction of sp³-hybridized carbons (Fsp3) is 0.533. The number of ether oxygens (including phenoxy) is 1. The van der Waals surface area contributed by atoms with Gasteiger partial charge in [0, 0.05) is 6.61 Å². The van der Waals surface area contributed by atoms with Crippen molar-refractivity contribution in [2.24, 2.45) is 0 Å². The maximum atomic E-state index is 6.34. The van der Waals surface area contributed by atoms with E-state index in [0.29, 0.717) is 0 Å². The van der Waals surface area contributed by atoms with E-state index in [1.165, 1.54) is 0 Å². The van der Waals surface area contributed by atoms with Crippen molar-refractivity contribution in [3.8, 4) is 0 Å². The first-order valence-electron chi connectivity index (χ1n) is 6.81. The minimum Gasteiger partial charge on any atom is -0.379 e. The van der Waals surface area contributed by atoms with Crippen LogP contribution in [0.25, 0.3) is 11.0 Å². The number of fused-ring (bicyclic) bond motifs is 1. The molecule has 1 aliphatic rings. The molecular weight excluding hydrogens is 260 g/mol. The van der Waals surface area contributed by atoms with Crippen LogP contribution in [0.3, 0.4) is 0 Å². The lowest BCUT2D eigenvalue weighted by Gasteiger charge is -2.37. The molecule has 4 heteroatoms. The van der Waals surface area contributed by atoms with Gasteiger partial charge in [0.2, 0.25) is 0 Å². The second-order valence-electron chi connectivity index (χ2n) is 5.56. The van der Waals surface area contributed by atoms with Crippen molar-refractivity contribution in [3.63, 3.8) is 0 Å². The van der Waals surface area contributed by atoms with Crippen LogP contribution in [0.4, 0.5) is 0 Å². The summed E-state index contributed by atoms with van der Waals surface area (Å²) in [6.45, 7) is 5.80. The fourth-order valence-electron chi connectivity index (χ4n) is 2.97. The molecule has 2 aromatic rings. The van der Waals surface area contributed by atoms with E-state index in [1.807, 2.05) is 19.1 Å². The number of imidazole rings is 1. The van der Waals surface area contributed by atoms with Crippen LogP contribution >= 0.6 is 11.6 Å². The van der Waals surface area contributed by atoms with Crippen LogP contribution in [0.2, 0.25) is 0 Å². The Morgan fingerprint density at radius 3 is 2.89 bits per heavy atom. The third kappa shape index (κ3) is 2.15. The quantitative estimate of drug-likeness (QED) is 0.780. The number of rotatable bonds is 2. The molecule has 0 saturated carbocycles. The highest BCUT2D eigenvalue weighted by atomic mass is 35.5. The summed E-state index contributed by atoms with van der Waals surface area (Å²) in [6.07, 6.45) is 2.18. The van der Waals surface area contributed by atoms with E-state index in [4.69, 9.17) is 21.3 Å². The van der Waals surface area contributed by atoms with Crippen LogP contribution in [0.15, 0.2) is 24.3 Å². The zero-order valence-electron chi connectivity index (χ0n) is 11.4. The van der Waals surface area contributed by atoms with Crippen molar-refractivity contribution in [1.29, 1.82) is 0 Å². The fourth-order valence-corrected chi connectivity index (χ4v) is 3.12. The number of benzene rings is 1. The van der Waals surface area contributed by atoms with Gasteiger partial charge in [0.05, 0.1) is 28.6 Å². The lowest BCUT2D eigenvalue weighted by molar-refractivity contribution is 0.0101. The third-order valence-electron chi connectivity index (χ3n) is 3.90. The van der Waals surface area contributed by atoms with E-state index in [9.17, 15) is 0 Å². The summed E-state index contributed by atoms with van der Waals surface area (Å²) < 4.78 is 7.99. The first kappa shape index (κ1) is 12.9. The Balaban J connectivity index is 2.22. The Kier molecular flexibility index (Phi) is 3.27. The molecule has 1 aliphatic heterocycles. The van der Waals surface area contributed by atoms with Crippen molar-refractivity contribution < 1.29 is 4.74 Å². The number of halogens is 1. The Morgan fingerprint density at radius 1 is 1.42 bits per heavy atom. The van der Waals surface area contributed by atoms with Gasteiger partial charge in [0.15, 0.2) is 0 Å². The van der Waals surface area contributed by atoms with Crippen LogP contribution in [-0.2, 0) is 10.3 Å². The second-order valence-corrected chi connectivity index (χ2v) is 6.22. The van der Waals surface area contributed by atoms with Gasteiger partial charge >= 0.3 is 0 Å². The molecule has 0 radical (unpaired) electrons. The number of aromatic nitrogens is 2. The molecule has 1 aromatic heterocycles. The average molecular weight is 279 g/mol. The Labute approximate surface area is 118 Å². The molecule has 0 N–H and O–H groups in total. The topological polar surface area (TPSA) is 27.1 Å². The van der Waals surface area contributed by atoms with Crippen LogP contribution in [0.1, 0.15) is 37.9 Å². The number of alkyl halides is 1. The molecule has 1 saturated heterocycles. The maximum absolute atomic E-state index is 6.34. The summed E-state index contributed by atoms with van der Waals surface area (Å²) in [6, 6.07) is 8.23. The Hall–Kier alpha value is -1.06. The average Bonchev–Trinajstić information content (AvgIpc) is 2.79. The van der Waals surface area contributed by atoms with Crippen LogP contribution in [0.5, 0.6) is 0 Å². The van der Waals surface area contributed by atoms with E-state index >= 15 is 0 Å². The molecule has 2 heterocycles. The summed E-state index contributed by atoms with van der Waals surface area (Å²) in [4.78, 5) is 4.71. The monoisotopic (exact) mass is 278 g/mol. The minimum atomic E-state index is -0.105. The molecule has 0 amide bonds. The van der Waals surface area contributed by atoms with Crippen LogP contribution in [-0.4, -0.2) is 22.8 Å². The summed E-state index contributed by atoms with van der Waals surface area (Å²) in [7, 11) is 0. The molecule has 102 valence electrons. The van der Waals surface area contributed by atoms with Gasteiger partial charge in [-0.1, -0.05) is 12.1 Å². The molecular formula is C15H19ClN2O. The molecule has 0 bridgehead atoms. The van der Waals surface area contributed by atoms with E-state index in [1.54, 1.807) is 0 Å². The molecule has 3 rings (SSSR count). The second kappa shape index (κ2) is 4.80. The first-order valence-corrected chi connectivity index (χ1v) is 7.25. The molecule has 0 spiro atoms. The van der Waals surface area contributed by atoms with E-state index in [2.05, 4.69) is 23.6 Å². The predicted molar refractivity (Wildman–Crippen MR) is 77.7 cm³/mol. The van der Waals surface area contributed by atoms with Crippen molar-refractivity contribution in [3.05, 3.63) is 30.1 Å². The van der Waals surface area contributed by atoms with Gasteiger partial charge in [-0.25, -0.2) is 4.98 Å². The largest absolute Gasteiger partial charge is 0.379 e. The third-order valence-corrected chi connectivity index (χ3v) is 4.09. The molecule has 19 heavy (non-hydrogen) atoms. The summed E-state index contributed by atoms with van der Waals surface area (Å²) >= 11 is 6.34. The Morgan fingerprint density at radius 2 is 2.21 bits per heavy atom. The molecule has 2 atom stereocenters. The molecule has 0 aliphatic carbocycles. The van der Waals surface area contributed by atoms with Gasteiger partial charge in [0.25, 0.3) is 0 Å². The number of para-hydroxylation sites is 2. The summed E-state index contributed by atoms with van der Waals surface area (Å²) in [5.74, 6) is 0.941. The minimum absolute atomic E-state index is 0.0488. The summed E-state index contributed by atoms with van der Waals surface area (Å²) in [5, 5.41) is -0.105. The summed E-state index contributed by atoms with van der Waals surface area (Å²) in [5.41, 5.74) is 2.11. The van der Waals surface area contributed by atoms with E-state index < -0.39 is 0 Å². The van der Waals surface area contributed by atoms with Gasteiger partial charge in [-0.3, -0.25) is 0 Å². The van der Waals surface area contributed by atoms with Gasteiger partial charge in [-0.15, -0.1) is 11.6 Å². The molecule has 1 aromatic carbocycles. The molecule has 1 fully saturated rings. The van der Waals surface area contributed by atoms with E-state index in [0.717, 1.165) is 42.9 Å². The van der Waals surface area contributed by atoms with Gasteiger partial charge < -0.3 is 9.30 Å². The van der Waals surface area contributed by atoms with Gasteiger partial charge in [-0.05, 0) is 38.8 Å². The van der Waals surface area contributed by atoms with E-state index in [-0.39, 0.29) is 10.9 Å². The zero-order valence-corrected chi connectivity index (χ0v) is 12.2. The molecule has 3 nitrogen and oxygen atoms in total. The van der Waals surface area contributed by atoms with Crippen molar-refractivity contribution >= 4 is 22.6 Å². The maximum Gasteiger partial charge on any atom is 0.128 e. The highest BCUT2D eigenvalue weighted by Crippen LogP contribution is 2.35. The zero-order chi connectivity index (χ0) is 13.5. The predicted octanol–water partition coefficient (Wildman–Crippen LogP) is 3.86. The smallest absolute Gasteiger partial charge is 0.128 e.